The van der Waals surface area contributed by atoms with Crippen LogP contribution in [0.5, 0.6) is 0 Å². The Morgan fingerprint density at radius 3 is 2.90 bits per heavy atom. The summed E-state index contributed by atoms with van der Waals surface area (Å²) in [5, 5.41) is 7.54. The van der Waals surface area contributed by atoms with Gasteiger partial charge < -0.3 is 14.6 Å². The summed E-state index contributed by atoms with van der Waals surface area (Å²) >= 11 is 0. The number of nitrogens with zero attached hydrogens (tertiary/aromatic N) is 3. The zero-order valence-electron chi connectivity index (χ0n) is 12.6. The summed E-state index contributed by atoms with van der Waals surface area (Å²) in [6.07, 6.45) is 4.35. The van der Waals surface area contributed by atoms with Gasteiger partial charge in [-0.05, 0) is 32.2 Å². The number of nitrogens with one attached hydrogen (secondary N) is 1. The first-order chi connectivity index (χ1) is 9.83. The van der Waals surface area contributed by atoms with E-state index < -0.39 is 0 Å². The van der Waals surface area contributed by atoms with Crippen LogP contribution >= 0.6 is 12.4 Å². The van der Waals surface area contributed by atoms with Gasteiger partial charge in [-0.3, -0.25) is 4.90 Å². The van der Waals surface area contributed by atoms with Gasteiger partial charge in [0.15, 0.2) is 5.82 Å². The molecule has 0 aromatic carbocycles. The first-order valence-electron chi connectivity index (χ1n) is 7.64. The Morgan fingerprint density at radius 2 is 2.14 bits per heavy atom. The van der Waals surface area contributed by atoms with E-state index in [0.29, 0.717) is 0 Å². The summed E-state index contributed by atoms with van der Waals surface area (Å²) in [7, 11) is 2.11. The third-order valence-corrected chi connectivity index (χ3v) is 4.40. The number of hydrogen-bond acceptors (Lipinski definition) is 6. The van der Waals surface area contributed by atoms with E-state index >= 15 is 0 Å². The monoisotopic (exact) mass is 316 g/mol. The van der Waals surface area contributed by atoms with E-state index in [-0.39, 0.29) is 18.4 Å². The SMILES string of the molecule is CN1CCNCC1c1noc(CCC2CCOCC2)n1.Cl. The molecule has 7 heteroatoms. The zero-order valence-corrected chi connectivity index (χ0v) is 13.4. The molecule has 6 nitrogen and oxygen atoms in total. The molecule has 0 bridgehead atoms. The zero-order chi connectivity index (χ0) is 13.8. The highest BCUT2D eigenvalue weighted by Gasteiger charge is 2.25. The van der Waals surface area contributed by atoms with E-state index in [1.54, 1.807) is 0 Å². The molecule has 0 amide bonds. The van der Waals surface area contributed by atoms with Gasteiger partial charge in [-0.25, -0.2) is 0 Å². The number of rotatable bonds is 4. The molecule has 2 aliphatic heterocycles. The van der Waals surface area contributed by atoms with Gasteiger partial charge in [0.25, 0.3) is 0 Å². The lowest BCUT2D eigenvalue weighted by Crippen LogP contribution is -2.44. The summed E-state index contributed by atoms with van der Waals surface area (Å²) in [4.78, 5) is 6.86. The predicted octanol–water partition coefficient (Wildman–Crippen LogP) is 1.43. The van der Waals surface area contributed by atoms with Crippen LogP contribution in [-0.4, -0.2) is 54.9 Å². The van der Waals surface area contributed by atoms with Gasteiger partial charge in [0, 0.05) is 39.3 Å². The van der Waals surface area contributed by atoms with E-state index in [1.165, 1.54) is 0 Å². The van der Waals surface area contributed by atoms with Crippen molar-refractivity contribution in [1.82, 2.24) is 20.4 Å². The number of aromatic nitrogens is 2. The van der Waals surface area contributed by atoms with Crippen molar-refractivity contribution in [3.8, 4) is 0 Å². The summed E-state index contributed by atoms with van der Waals surface area (Å²) in [5.41, 5.74) is 0. The Morgan fingerprint density at radius 1 is 1.33 bits per heavy atom. The van der Waals surface area contributed by atoms with Gasteiger partial charge in [0.2, 0.25) is 5.89 Å². The summed E-state index contributed by atoms with van der Waals surface area (Å²) in [6, 6.07) is 0.240. The number of aryl methyl sites for hydroxylation is 1. The van der Waals surface area contributed by atoms with Crippen molar-refractivity contribution in [3.63, 3.8) is 0 Å². The van der Waals surface area contributed by atoms with Crippen molar-refractivity contribution >= 4 is 12.4 Å². The highest BCUT2D eigenvalue weighted by atomic mass is 35.5. The van der Waals surface area contributed by atoms with Gasteiger partial charge in [-0.2, -0.15) is 4.98 Å². The van der Waals surface area contributed by atoms with E-state index in [4.69, 9.17) is 9.26 Å². The number of likely N-dealkylation sites (N-methyl/N-ethyl adjacent to an activating group) is 1. The fraction of sp³-hybridized carbons (Fsp3) is 0.857. The lowest BCUT2D eigenvalue weighted by molar-refractivity contribution is 0.0634. The number of hydrogen-bond donors (Lipinski definition) is 1. The lowest BCUT2D eigenvalue weighted by Gasteiger charge is -2.30. The molecular weight excluding hydrogens is 292 g/mol. The minimum Gasteiger partial charge on any atom is -0.381 e. The average Bonchev–Trinajstić information content (AvgIpc) is 2.95. The van der Waals surface area contributed by atoms with E-state index in [9.17, 15) is 0 Å². The molecular formula is C14H25ClN4O2. The Balaban J connectivity index is 0.00000161. The van der Waals surface area contributed by atoms with Gasteiger partial charge in [-0.1, -0.05) is 5.16 Å². The molecule has 0 aliphatic carbocycles. The minimum atomic E-state index is 0. The Hall–Kier alpha value is -0.690. The number of ether oxygens (including phenoxy) is 1. The predicted molar refractivity (Wildman–Crippen MR) is 81.7 cm³/mol. The third-order valence-electron chi connectivity index (χ3n) is 4.40. The molecule has 3 rings (SSSR count). The Kier molecular flexibility index (Phi) is 6.41. The fourth-order valence-corrected chi connectivity index (χ4v) is 2.96. The first-order valence-corrected chi connectivity index (χ1v) is 7.64. The topological polar surface area (TPSA) is 63.4 Å². The van der Waals surface area contributed by atoms with Crippen LogP contribution in [0, 0.1) is 5.92 Å². The Labute approximate surface area is 132 Å². The molecule has 0 spiro atoms. The second-order valence-electron chi connectivity index (χ2n) is 5.84. The van der Waals surface area contributed by atoms with Crippen LogP contribution in [0.4, 0.5) is 0 Å². The highest BCUT2D eigenvalue weighted by Crippen LogP contribution is 2.22. The first kappa shape index (κ1) is 16.7. The average molecular weight is 317 g/mol. The molecule has 0 saturated carbocycles. The molecule has 1 aromatic heterocycles. The molecule has 2 fully saturated rings. The summed E-state index contributed by atoms with van der Waals surface area (Å²) in [5.74, 6) is 2.35. The van der Waals surface area contributed by atoms with Gasteiger partial charge in [0.1, 0.15) is 0 Å². The molecule has 21 heavy (non-hydrogen) atoms. The maximum Gasteiger partial charge on any atom is 0.226 e. The second-order valence-corrected chi connectivity index (χ2v) is 5.84. The second kappa shape index (κ2) is 8.08. The number of piperazine rings is 1. The lowest BCUT2D eigenvalue weighted by atomic mass is 9.95. The molecule has 2 saturated heterocycles. The van der Waals surface area contributed by atoms with Crippen molar-refractivity contribution < 1.29 is 9.26 Å². The van der Waals surface area contributed by atoms with Gasteiger partial charge >= 0.3 is 0 Å². The molecule has 0 radical (unpaired) electrons. The van der Waals surface area contributed by atoms with E-state index in [0.717, 1.165) is 76.2 Å². The smallest absolute Gasteiger partial charge is 0.226 e. The van der Waals surface area contributed by atoms with E-state index in [1.807, 2.05) is 0 Å². The van der Waals surface area contributed by atoms with Crippen molar-refractivity contribution in [2.45, 2.75) is 31.7 Å². The van der Waals surface area contributed by atoms with Crippen molar-refractivity contribution in [3.05, 3.63) is 11.7 Å². The standard InChI is InChI=1S/C14H24N4O2.ClH/c1-18-7-6-15-10-12(18)14-16-13(20-17-14)3-2-11-4-8-19-9-5-11;/h11-12,15H,2-10H2,1H3;1H. The molecule has 1 atom stereocenters. The van der Waals surface area contributed by atoms with Crippen LogP contribution in [0.3, 0.4) is 0 Å². The maximum atomic E-state index is 5.41. The van der Waals surface area contributed by atoms with Crippen molar-refractivity contribution in [2.24, 2.45) is 5.92 Å². The van der Waals surface area contributed by atoms with Gasteiger partial charge in [-0.15, -0.1) is 12.4 Å². The fourth-order valence-electron chi connectivity index (χ4n) is 2.96. The molecule has 1 unspecified atom stereocenters. The van der Waals surface area contributed by atoms with Crippen molar-refractivity contribution in [1.29, 1.82) is 0 Å². The number of halogens is 1. The molecule has 1 aromatic rings. The van der Waals surface area contributed by atoms with Crippen LogP contribution in [-0.2, 0) is 11.2 Å². The summed E-state index contributed by atoms with van der Waals surface area (Å²) in [6.45, 7) is 4.75. The molecule has 1 N–H and O–H groups in total. The minimum absolute atomic E-state index is 0. The van der Waals surface area contributed by atoms with E-state index in [2.05, 4.69) is 27.4 Å². The molecule has 120 valence electrons. The van der Waals surface area contributed by atoms with Crippen molar-refractivity contribution in [2.75, 3.05) is 39.9 Å². The highest BCUT2D eigenvalue weighted by molar-refractivity contribution is 5.85. The maximum absolute atomic E-state index is 5.41. The Bertz CT molecular complexity index is 423. The van der Waals surface area contributed by atoms with Gasteiger partial charge in [0.05, 0.1) is 6.04 Å². The quantitative estimate of drug-likeness (QED) is 0.906. The van der Waals surface area contributed by atoms with Crippen LogP contribution in [0.25, 0.3) is 0 Å². The largest absolute Gasteiger partial charge is 0.381 e. The van der Waals surface area contributed by atoms with Crippen LogP contribution < -0.4 is 5.32 Å². The molecule has 3 heterocycles. The van der Waals surface area contributed by atoms with Crippen LogP contribution in [0.15, 0.2) is 4.52 Å². The third kappa shape index (κ3) is 4.39. The van der Waals surface area contributed by atoms with Crippen LogP contribution in [0.1, 0.15) is 37.0 Å². The molecule has 2 aliphatic rings. The summed E-state index contributed by atoms with van der Waals surface area (Å²) < 4.78 is 10.8. The normalized spacial score (nSPS) is 24.7. The van der Waals surface area contributed by atoms with Crippen LogP contribution in [0.2, 0.25) is 0 Å².